The summed E-state index contributed by atoms with van der Waals surface area (Å²) in [6.07, 6.45) is 3.83. The Hall–Kier alpha value is -2.96. The number of nitro groups is 1. The number of carboxylic acids is 1. The number of carbonyl (C=O) groups is 1. The Morgan fingerprint density at radius 3 is 2.62 bits per heavy atom. The van der Waals surface area contributed by atoms with Gasteiger partial charge in [0, 0.05) is 24.9 Å². The molecular weight excluding hydrogens is 276 g/mol. The van der Waals surface area contributed by atoms with Gasteiger partial charge in [0.05, 0.1) is 11.5 Å². The fourth-order valence-corrected chi connectivity index (χ4v) is 1.84. The molecule has 7 nitrogen and oxygen atoms in total. The predicted octanol–water partition coefficient (Wildman–Crippen LogP) is 2.31. The molecule has 0 bridgehead atoms. The summed E-state index contributed by atoms with van der Waals surface area (Å²) < 4.78 is 5.39. The average Bonchev–Trinajstić information content (AvgIpc) is 2.47. The third kappa shape index (κ3) is 3.53. The highest BCUT2D eigenvalue weighted by molar-refractivity contribution is 5.95. The molecule has 0 spiro atoms. The Bertz CT molecular complexity index is 658. The van der Waals surface area contributed by atoms with Crippen LogP contribution in [0, 0.1) is 10.1 Å². The maximum atomic E-state index is 11.2. The smallest absolute Gasteiger partial charge is 0.346 e. The van der Waals surface area contributed by atoms with Gasteiger partial charge < -0.3 is 9.84 Å². The number of aromatic carboxylic acids is 1. The summed E-state index contributed by atoms with van der Waals surface area (Å²) in [7, 11) is 0. The standard InChI is InChI=1S/C14H12N2O5/c17-14(18)13-11(16(19)20)2-1-3-12(13)21-9-6-10-4-7-15-8-5-10/h1-5,7-8H,6,9H2,(H,17,18). The van der Waals surface area contributed by atoms with E-state index in [2.05, 4.69) is 4.98 Å². The van der Waals surface area contributed by atoms with E-state index in [1.165, 1.54) is 12.1 Å². The van der Waals surface area contributed by atoms with E-state index in [-0.39, 0.29) is 12.4 Å². The van der Waals surface area contributed by atoms with Crippen LogP contribution in [0.4, 0.5) is 5.69 Å². The van der Waals surface area contributed by atoms with Gasteiger partial charge in [-0.2, -0.15) is 0 Å². The molecule has 2 rings (SSSR count). The van der Waals surface area contributed by atoms with Gasteiger partial charge >= 0.3 is 5.97 Å². The molecule has 1 aromatic heterocycles. The quantitative estimate of drug-likeness (QED) is 0.646. The summed E-state index contributed by atoms with van der Waals surface area (Å²) in [6, 6.07) is 7.57. The summed E-state index contributed by atoms with van der Waals surface area (Å²) in [4.78, 5) is 25.2. The molecule has 0 aliphatic rings. The number of carboxylic acid groups (broad SMARTS) is 1. The number of nitrogens with zero attached hydrogens (tertiary/aromatic N) is 2. The average molecular weight is 288 g/mol. The fraction of sp³-hybridized carbons (Fsp3) is 0.143. The second kappa shape index (κ2) is 6.47. The van der Waals surface area contributed by atoms with E-state index in [1.54, 1.807) is 12.4 Å². The van der Waals surface area contributed by atoms with Crippen LogP contribution in [0.1, 0.15) is 15.9 Å². The predicted molar refractivity (Wildman–Crippen MR) is 73.5 cm³/mol. The summed E-state index contributed by atoms with van der Waals surface area (Å²) >= 11 is 0. The van der Waals surface area contributed by atoms with Crippen molar-refractivity contribution in [2.24, 2.45) is 0 Å². The molecule has 2 aromatic rings. The molecule has 1 N–H and O–H groups in total. The Labute approximate surface area is 120 Å². The van der Waals surface area contributed by atoms with Crippen molar-refractivity contribution >= 4 is 11.7 Å². The molecule has 0 atom stereocenters. The molecule has 0 aliphatic carbocycles. The third-order valence-electron chi connectivity index (χ3n) is 2.81. The molecule has 21 heavy (non-hydrogen) atoms. The van der Waals surface area contributed by atoms with E-state index in [9.17, 15) is 14.9 Å². The Morgan fingerprint density at radius 2 is 2.00 bits per heavy atom. The maximum absolute atomic E-state index is 11.2. The van der Waals surface area contributed by atoms with E-state index in [4.69, 9.17) is 9.84 Å². The van der Waals surface area contributed by atoms with Gasteiger partial charge in [0.2, 0.25) is 0 Å². The maximum Gasteiger partial charge on any atom is 0.346 e. The highest BCUT2D eigenvalue weighted by atomic mass is 16.6. The van der Waals surface area contributed by atoms with Gasteiger partial charge in [0.25, 0.3) is 5.69 Å². The number of hydrogen-bond donors (Lipinski definition) is 1. The van der Waals surface area contributed by atoms with Crippen molar-refractivity contribution < 1.29 is 19.6 Å². The van der Waals surface area contributed by atoms with Crippen LogP contribution >= 0.6 is 0 Å². The Balaban J connectivity index is 2.14. The lowest BCUT2D eigenvalue weighted by Gasteiger charge is -2.09. The molecule has 1 aromatic carbocycles. The van der Waals surface area contributed by atoms with Gasteiger partial charge in [-0.15, -0.1) is 0 Å². The summed E-state index contributed by atoms with van der Waals surface area (Å²) in [5.41, 5.74) is 0.0634. The molecule has 0 saturated heterocycles. The van der Waals surface area contributed by atoms with Crippen LogP contribution in [0.25, 0.3) is 0 Å². The lowest BCUT2D eigenvalue weighted by Crippen LogP contribution is -2.09. The lowest BCUT2D eigenvalue weighted by molar-refractivity contribution is -0.385. The van der Waals surface area contributed by atoms with Crippen molar-refractivity contribution in [1.29, 1.82) is 0 Å². The number of ether oxygens (including phenoxy) is 1. The van der Waals surface area contributed by atoms with Crippen LogP contribution in [-0.4, -0.2) is 27.6 Å². The van der Waals surface area contributed by atoms with E-state index in [0.29, 0.717) is 6.42 Å². The molecule has 0 fully saturated rings. The number of pyridine rings is 1. The van der Waals surface area contributed by atoms with Gasteiger partial charge in [-0.05, 0) is 23.8 Å². The molecule has 0 unspecified atom stereocenters. The van der Waals surface area contributed by atoms with Crippen LogP contribution in [-0.2, 0) is 6.42 Å². The second-order valence-corrected chi connectivity index (χ2v) is 4.17. The summed E-state index contributed by atoms with van der Waals surface area (Å²) in [6.45, 7) is 0.214. The first-order chi connectivity index (χ1) is 10.1. The molecule has 0 aliphatic heterocycles. The molecular formula is C14H12N2O5. The number of rotatable bonds is 6. The number of hydrogen-bond acceptors (Lipinski definition) is 5. The Kier molecular flexibility index (Phi) is 4.45. The van der Waals surface area contributed by atoms with Gasteiger partial charge in [-0.1, -0.05) is 6.07 Å². The van der Waals surface area contributed by atoms with Crippen molar-refractivity contribution in [3.8, 4) is 5.75 Å². The van der Waals surface area contributed by atoms with Gasteiger partial charge in [-0.3, -0.25) is 15.1 Å². The second-order valence-electron chi connectivity index (χ2n) is 4.17. The van der Waals surface area contributed by atoms with Crippen LogP contribution in [0.3, 0.4) is 0 Å². The van der Waals surface area contributed by atoms with E-state index < -0.39 is 22.1 Å². The van der Waals surface area contributed by atoms with Crippen molar-refractivity contribution in [2.45, 2.75) is 6.42 Å². The van der Waals surface area contributed by atoms with Crippen LogP contribution in [0.2, 0.25) is 0 Å². The Morgan fingerprint density at radius 1 is 1.29 bits per heavy atom. The van der Waals surface area contributed by atoms with Crippen LogP contribution in [0.5, 0.6) is 5.75 Å². The number of nitro benzene ring substituents is 1. The summed E-state index contributed by atoms with van der Waals surface area (Å²) in [5.74, 6) is -1.40. The highest BCUT2D eigenvalue weighted by Crippen LogP contribution is 2.28. The molecule has 0 amide bonds. The molecule has 1 heterocycles. The highest BCUT2D eigenvalue weighted by Gasteiger charge is 2.24. The number of benzene rings is 1. The van der Waals surface area contributed by atoms with Gasteiger partial charge in [-0.25, -0.2) is 4.79 Å². The lowest BCUT2D eigenvalue weighted by atomic mass is 10.1. The minimum atomic E-state index is -1.39. The molecule has 108 valence electrons. The molecule has 0 saturated carbocycles. The summed E-state index contributed by atoms with van der Waals surface area (Å²) in [5, 5.41) is 20.0. The normalized spacial score (nSPS) is 10.1. The van der Waals surface area contributed by atoms with Crippen molar-refractivity contribution in [1.82, 2.24) is 4.98 Å². The monoisotopic (exact) mass is 288 g/mol. The van der Waals surface area contributed by atoms with E-state index >= 15 is 0 Å². The van der Waals surface area contributed by atoms with E-state index in [1.807, 2.05) is 12.1 Å². The number of aromatic nitrogens is 1. The van der Waals surface area contributed by atoms with Crippen molar-refractivity contribution in [3.63, 3.8) is 0 Å². The first-order valence-corrected chi connectivity index (χ1v) is 6.12. The molecule has 7 heteroatoms. The third-order valence-corrected chi connectivity index (χ3v) is 2.81. The zero-order valence-electron chi connectivity index (χ0n) is 10.9. The van der Waals surface area contributed by atoms with Gasteiger partial charge in [0.15, 0.2) is 5.56 Å². The fourth-order valence-electron chi connectivity index (χ4n) is 1.84. The topological polar surface area (TPSA) is 103 Å². The molecule has 0 radical (unpaired) electrons. The minimum absolute atomic E-state index is 0.00856. The SMILES string of the molecule is O=C(O)c1c(OCCc2ccncc2)cccc1[N+](=O)[O-]. The van der Waals surface area contributed by atoms with Crippen LogP contribution < -0.4 is 4.74 Å². The van der Waals surface area contributed by atoms with E-state index in [0.717, 1.165) is 11.6 Å². The van der Waals surface area contributed by atoms with Gasteiger partial charge in [0.1, 0.15) is 5.75 Å². The minimum Gasteiger partial charge on any atom is -0.492 e. The first-order valence-electron chi connectivity index (χ1n) is 6.12. The zero-order valence-corrected chi connectivity index (χ0v) is 10.9. The van der Waals surface area contributed by atoms with Crippen LogP contribution in [0.15, 0.2) is 42.7 Å². The zero-order chi connectivity index (χ0) is 15.2. The first kappa shape index (κ1) is 14.4. The van der Waals surface area contributed by atoms with Crippen molar-refractivity contribution in [2.75, 3.05) is 6.61 Å². The largest absolute Gasteiger partial charge is 0.492 e. The van der Waals surface area contributed by atoms with Crippen molar-refractivity contribution in [3.05, 3.63) is 64.0 Å².